The fraction of sp³-hybridized carbons (Fsp3) is 0.0714. The summed E-state index contributed by atoms with van der Waals surface area (Å²) in [5, 5.41) is 8.68. The number of aromatic carboxylic acids is 1. The van der Waals surface area contributed by atoms with E-state index in [9.17, 15) is 26.7 Å². The highest BCUT2D eigenvalue weighted by atomic mass is 19.2. The summed E-state index contributed by atoms with van der Waals surface area (Å²) in [6, 6.07) is 4.71. The maximum atomic E-state index is 13.4. The Kier molecular flexibility index (Phi) is 4.30. The van der Waals surface area contributed by atoms with Gasteiger partial charge in [-0.1, -0.05) is 0 Å². The van der Waals surface area contributed by atoms with Crippen LogP contribution >= 0.6 is 0 Å². The molecule has 0 unspecified atom stereocenters. The van der Waals surface area contributed by atoms with Crippen molar-refractivity contribution in [3.63, 3.8) is 0 Å². The van der Waals surface area contributed by atoms with Gasteiger partial charge in [-0.05, 0) is 24.3 Å². The first kappa shape index (κ1) is 15.7. The molecule has 0 spiro atoms. The Hall–Kier alpha value is -2.64. The lowest BCUT2D eigenvalue weighted by atomic mass is 10.2. The lowest BCUT2D eigenvalue weighted by molar-refractivity contribution is 0.0697. The van der Waals surface area contributed by atoms with Crippen LogP contribution in [-0.4, -0.2) is 11.1 Å². The summed E-state index contributed by atoms with van der Waals surface area (Å²) in [6.07, 6.45) is 0. The van der Waals surface area contributed by atoms with Crippen molar-refractivity contribution in [1.29, 1.82) is 0 Å². The van der Waals surface area contributed by atoms with Crippen LogP contribution in [0.3, 0.4) is 0 Å². The van der Waals surface area contributed by atoms with Gasteiger partial charge in [-0.3, -0.25) is 0 Å². The first-order valence-corrected chi connectivity index (χ1v) is 5.79. The van der Waals surface area contributed by atoms with Crippen LogP contribution in [0.15, 0.2) is 24.3 Å². The molecule has 0 fully saturated rings. The van der Waals surface area contributed by atoms with E-state index in [2.05, 4.69) is 0 Å². The van der Waals surface area contributed by atoms with Crippen LogP contribution in [0.25, 0.3) is 0 Å². The largest absolute Gasteiger partial charge is 0.489 e. The van der Waals surface area contributed by atoms with Crippen molar-refractivity contribution in [2.75, 3.05) is 0 Å². The molecule has 1 N–H and O–H groups in total. The second-order valence-corrected chi connectivity index (χ2v) is 4.17. The van der Waals surface area contributed by atoms with E-state index in [-0.39, 0.29) is 11.3 Å². The van der Waals surface area contributed by atoms with E-state index in [1.165, 1.54) is 12.1 Å². The summed E-state index contributed by atoms with van der Waals surface area (Å²) in [6.45, 7) is -0.905. The average molecular weight is 318 g/mol. The molecular formula is C14H7F5O3. The van der Waals surface area contributed by atoms with E-state index in [0.29, 0.717) is 0 Å². The Bertz CT molecular complexity index is 699. The lowest BCUT2D eigenvalue weighted by Crippen LogP contribution is -2.09. The monoisotopic (exact) mass is 318 g/mol. The minimum atomic E-state index is -2.25. The van der Waals surface area contributed by atoms with Crippen LogP contribution < -0.4 is 4.74 Å². The van der Waals surface area contributed by atoms with Gasteiger partial charge in [0.15, 0.2) is 23.3 Å². The molecule has 0 amide bonds. The van der Waals surface area contributed by atoms with Crippen LogP contribution in [0, 0.1) is 29.1 Å². The van der Waals surface area contributed by atoms with Gasteiger partial charge in [0.05, 0.1) is 11.1 Å². The molecule has 2 aromatic rings. The molecule has 22 heavy (non-hydrogen) atoms. The van der Waals surface area contributed by atoms with Crippen LogP contribution in [0.5, 0.6) is 5.75 Å². The highest BCUT2D eigenvalue weighted by molar-refractivity contribution is 5.87. The minimum Gasteiger partial charge on any atom is -0.489 e. The zero-order chi connectivity index (χ0) is 16.4. The van der Waals surface area contributed by atoms with Gasteiger partial charge in [0.2, 0.25) is 5.82 Å². The zero-order valence-electron chi connectivity index (χ0n) is 10.7. The molecule has 0 bridgehead atoms. The quantitative estimate of drug-likeness (QED) is 0.532. The van der Waals surface area contributed by atoms with Crippen molar-refractivity contribution in [2.45, 2.75) is 6.61 Å². The van der Waals surface area contributed by atoms with Crippen molar-refractivity contribution in [3.05, 3.63) is 64.5 Å². The maximum Gasteiger partial charge on any atom is 0.335 e. The summed E-state index contributed by atoms with van der Waals surface area (Å²) in [4.78, 5) is 10.6. The van der Waals surface area contributed by atoms with Crippen molar-refractivity contribution in [2.24, 2.45) is 0 Å². The highest BCUT2D eigenvalue weighted by Gasteiger charge is 2.25. The molecule has 2 aromatic carbocycles. The predicted octanol–water partition coefficient (Wildman–Crippen LogP) is 3.66. The number of halogens is 5. The second-order valence-electron chi connectivity index (χ2n) is 4.17. The van der Waals surface area contributed by atoms with Gasteiger partial charge in [0.1, 0.15) is 12.4 Å². The number of rotatable bonds is 4. The molecule has 3 nitrogen and oxygen atoms in total. The molecule has 0 aliphatic carbocycles. The molecule has 0 aliphatic rings. The number of carboxylic acid groups (broad SMARTS) is 1. The molecule has 0 atom stereocenters. The summed E-state index contributed by atoms with van der Waals surface area (Å²) in [7, 11) is 0. The first-order chi connectivity index (χ1) is 10.3. The number of hydrogen-bond acceptors (Lipinski definition) is 2. The normalized spacial score (nSPS) is 10.6. The van der Waals surface area contributed by atoms with E-state index >= 15 is 0 Å². The molecule has 0 saturated heterocycles. The number of ether oxygens (including phenoxy) is 1. The molecule has 0 heterocycles. The Balaban J connectivity index is 2.23. The molecule has 0 radical (unpaired) electrons. The fourth-order valence-electron chi connectivity index (χ4n) is 1.63. The van der Waals surface area contributed by atoms with Crippen molar-refractivity contribution < 1.29 is 36.6 Å². The van der Waals surface area contributed by atoms with Crippen LogP contribution in [-0.2, 0) is 6.61 Å². The molecule has 116 valence electrons. The fourth-order valence-corrected chi connectivity index (χ4v) is 1.63. The number of hydrogen-bond donors (Lipinski definition) is 1. The average Bonchev–Trinajstić information content (AvgIpc) is 2.51. The highest BCUT2D eigenvalue weighted by Crippen LogP contribution is 2.24. The van der Waals surface area contributed by atoms with Crippen molar-refractivity contribution in [3.8, 4) is 5.75 Å². The van der Waals surface area contributed by atoms with Crippen LogP contribution in [0.1, 0.15) is 15.9 Å². The third kappa shape index (κ3) is 2.85. The summed E-state index contributed by atoms with van der Waals surface area (Å²) in [5.41, 5.74) is -1.16. The van der Waals surface area contributed by atoms with Crippen molar-refractivity contribution in [1.82, 2.24) is 0 Å². The summed E-state index contributed by atoms with van der Waals surface area (Å²) in [5.74, 6) is -11.5. The zero-order valence-corrected chi connectivity index (χ0v) is 10.7. The van der Waals surface area contributed by atoms with E-state index in [1.807, 2.05) is 0 Å². The molecule has 0 saturated carbocycles. The third-order valence-electron chi connectivity index (χ3n) is 2.79. The Morgan fingerprint density at radius 2 is 1.32 bits per heavy atom. The van der Waals surface area contributed by atoms with E-state index in [1.54, 1.807) is 0 Å². The SMILES string of the molecule is O=C(O)c1ccc(OCc2c(F)c(F)c(F)c(F)c2F)cc1. The smallest absolute Gasteiger partial charge is 0.335 e. The van der Waals surface area contributed by atoms with Gasteiger partial charge in [0.25, 0.3) is 0 Å². The van der Waals surface area contributed by atoms with Crippen LogP contribution in [0.4, 0.5) is 22.0 Å². The second kappa shape index (κ2) is 6.00. The standard InChI is InChI=1S/C14H7F5O3/c15-9-8(10(16)12(18)13(19)11(9)17)5-22-7-3-1-6(2-4-7)14(20)21/h1-4H,5H2,(H,20,21). The van der Waals surface area contributed by atoms with Gasteiger partial charge >= 0.3 is 5.97 Å². The van der Waals surface area contributed by atoms with E-state index in [4.69, 9.17) is 9.84 Å². The van der Waals surface area contributed by atoms with Crippen LogP contribution in [0.2, 0.25) is 0 Å². The molecule has 8 heteroatoms. The predicted molar refractivity (Wildman–Crippen MR) is 64.0 cm³/mol. The van der Waals surface area contributed by atoms with Gasteiger partial charge < -0.3 is 9.84 Å². The number of carbonyl (C=O) groups is 1. The Morgan fingerprint density at radius 1 is 0.864 bits per heavy atom. The summed E-state index contributed by atoms with van der Waals surface area (Å²) < 4.78 is 70.5. The van der Waals surface area contributed by atoms with Gasteiger partial charge in [0, 0.05) is 0 Å². The van der Waals surface area contributed by atoms with E-state index < -0.39 is 47.2 Å². The molecule has 0 aromatic heterocycles. The van der Waals surface area contributed by atoms with E-state index in [0.717, 1.165) is 12.1 Å². The first-order valence-electron chi connectivity index (χ1n) is 5.79. The minimum absolute atomic E-state index is 0.00828. The topological polar surface area (TPSA) is 46.5 Å². The third-order valence-corrected chi connectivity index (χ3v) is 2.79. The maximum absolute atomic E-state index is 13.4. The van der Waals surface area contributed by atoms with Crippen molar-refractivity contribution >= 4 is 5.97 Å². The summed E-state index contributed by atoms with van der Waals surface area (Å²) >= 11 is 0. The molecule has 0 aliphatic heterocycles. The van der Waals surface area contributed by atoms with Gasteiger partial charge in [-0.2, -0.15) is 0 Å². The van der Waals surface area contributed by atoms with Gasteiger partial charge in [-0.25, -0.2) is 26.7 Å². The lowest BCUT2D eigenvalue weighted by Gasteiger charge is -2.10. The Labute approximate surface area is 120 Å². The van der Waals surface area contributed by atoms with Gasteiger partial charge in [-0.15, -0.1) is 0 Å². The Morgan fingerprint density at radius 3 is 1.77 bits per heavy atom. The number of benzene rings is 2. The molecule has 2 rings (SSSR count). The number of carboxylic acids is 1. The molecular weight excluding hydrogens is 311 g/mol.